The van der Waals surface area contributed by atoms with Crippen molar-refractivity contribution < 1.29 is 14.3 Å². The number of fused-ring (bicyclic) bond motifs is 1. The number of nitrogens with zero attached hydrogens (tertiary/aromatic N) is 8. The van der Waals surface area contributed by atoms with Gasteiger partial charge in [-0.15, -0.1) is 0 Å². The Morgan fingerprint density at radius 3 is 2.61 bits per heavy atom. The number of hydrogen-bond acceptors (Lipinski definition) is 9. The molecule has 13 heteroatoms. The van der Waals surface area contributed by atoms with Crippen molar-refractivity contribution in [3.63, 3.8) is 0 Å². The third-order valence-electron chi connectivity index (χ3n) is 6.58. The molecule has 5 aromatic rings. The third-order valence-corrected chi connectivity index (χ3v) is 6.58. The summed E-state index contributed by atoms with van der Waals surface area (Å²) in [4.78, 5) is 46.5. The van der Waals surface area contributed by atoms with Crippen molar-refractivity contribution in [3.05, 3.63) is 60.7 Å². The topological polar surface area (TPSA) is 151 Å². The summed E-state index contributed by atoms with van der Waals surface area (Å²) in [7, 11) is 1.49. The number of pyridine rings is 2. The number of carbonyl (C=O) groups is 2. The van der Waals surface area contributed by atoms with E-state index in [1.807, 2.05) is 18.2 Å². The molecule has 1 aliphatic rings. The van der Waals surface area contributed by atoms with Crippen LogP contribution in [0.5, 0.6) is 5.75 Å². The minimum absolute atomic E-state index is 0.219. The molecule has 0 atom stereocenters. The number of methoxy groups -OCH3 is 1. The summed E-state index contributed by atoms with van der Waals surface area (Å²) in [6, 6.07) is 5.69. The van der Waals surface area contributed by atoms with Crippen LogP contribution in [0.3, 0.4) is 0 Å². The Morgan fingerprint density at radius 1 is 1.05 bits per heavy atom. The molecule has 1 saturated heterocycles. The number of carbonyl (C=O) groups excluding carboxylic acids is 2. The second-order valence-corrected chi connectivity index (χ2v) is 8.79. The summed E-state index contributed by atoms with van der Waals surface area (Å²) in [6.07, 6.45) is 8.05. The number of anilines is 1. The van der Waals surface area contributed by atoms with Crippen molar-refractivity contribution in [1.29, 1.82) is 0 Å². The van der Waals surface area contributed by atoms with Gasteiger partial charge < -0.3 is 19.5 Å². The molecule has 0 spiro atoms. The molecule has 6 heterocycles. The standard InChI is InChI=1S/C25H24N10O3/c1-15-29-14-35(32-15)24-22-20(19(38-2)13-28-24)16(11-27-22)23(36)25(37)34-9-7-33(8-10-34)18-12-30-31-21(18)17-5-3-4-6-26-17/h3-6,11-14,27H,7-10H2,1-2H3,(H,30,31). The average Bonchev–Trinajstić information content (AvgIpc) is 3.72. The highest BCUT2D eigenvalue weighted by Gasteiger charge is 2.31. The van der Waals surface area contributed by atoms with Crippen LogP contribution in [0.4, 0.5) is 5.69 Å². The highest BCUT2D eigenvalue weighted by atomic mass is 16.5. The summed E-state index contributed by atoms with van der Waals surface area (Å²) in [5.74, 6) is 0.220. The Bertz CT molecular complexity index is 1630. The van der Waals surface area contributed by atoms with E-state index >= 15 is 0 Å². The van der Waals surface area contributed by atoms with Gasteiger partial charge in [0.05, 0.1) is 47.4 Å². The smallest absolute Gasteiger partial charge is 0.295 e. The Kier molecular flexibility index (Phi) is 5.79. The molecule has 6 rings (SSSR count). The van der Waals surface area contributed by atoms with Crippen LogP contribution in [-0.2, 0) is 4.79 Å². The zero-order valence-corrected chi connectivity index (χ0v) is 20.7. The molecular formula is C25H24N10O3. The van der Waals surface area contributed by atoms with Gasteiger partial charge in [0.15, 0.2) is 5.82 Å². The van der Waals surface area contributed by atoms with Crippen molar-refractivity contribution in [2.45, 2.75) is 6.92 Å². The van der Waals surface area contributed by atoms with Gasteiger partial charge in [-0.25, -0.2) is 14.6 Å². The number of ether oxygens (including phenoxy) is 1. The fourth-order valence-electron chi connectivity index (χ4n) is 4.69. The van der Waals surface area contributed by atoms with Gasteiger partial charge in [0.1, 0.15) is 23.6 Å². The SMILES string of the molecule is COc1cnc(-n2cnc(C)n2)c2[nH]cc(C(=O)C(=O)N3CCN(c4cn[nH]c4-c4ccccn4)CC3)c12. The maximum absolute atomic E-state index is 13.4. The average molecular weight is 513 g/mol. The van der Waals surface area contributed by atoms with Gasteiger partial charge >= 0.3 is 0 Å². The van der Waals surface area contributed by atoms with Crippen LogP contribution in [-0.4, -0.2) is 89.8 Å². The molecule has 0 bridgehead atoms. The molecule has 192 valence electrons. The first-order valence-electron chi connectivity index (χ1n) is 12.0. The summed E-state index contributed by atoms with van der Waals surface area (Å²) >= 11 is 0. The fourth-order valence-corrected chi connectivity index (χ4v) is 4.69. The minimum Gasteiger partial charge on any atom is -0.494 e. The first-order chi connectivity index (χ1) is 18.5. The highest BCUT2D eigenvalue weighted by molar-refractivity contribution is 6.45. The van der Waals surface area contributed by atoms with Crippen LogP contribution in [0.2, 0.25) is 0 Å². The highest BCUT2D eigenvalue weighted by Crippen LogP contribution is 2.32. The number of aromatic nitrogens is 8. The Hall–Kier alpha value is -5.07. The third kappa shape index (κ3) is 3.93. The van der Waals surface area contributed by atoms with Crippen LogP contribution in [0, 0.1) is 6.92 Å². The van der Waals surface area contributed by atoms with Crippen molar-refractivity contribution >= 4 is 28.3 Å². The van der Waals surface area contributed by atoms with Crippen molar-refractivity contribution in [2.24, 2.45) is 0 Å². The van der Waals surface area contributed by atoms with Crippen LogP contribution in [0.25, 0.3) is 28.1 Å². The van der Waals surface area contributed by atoms with Gasteiger partial charge in [0, 0.05) is 38.6 Å². The molecular weight excluding hydrogens is 488 g/mol. The maximum atomic E-state index is 13.4. The maximum Gasteiger partial charge on any atom is 0.295 e. The number of ketones is 1. The van der Waals surface area contributed by atoms with Gasteiger partial charge in [-0.3, -0.25) is 19.7 Å². The first-order valence-corrected chi connectivity index (χ1v) is 12.0. The molecule has 38 heavy (non-hydrogen) atoms. The molecule has 0 saturated carbocycles. The Labute approximate surface area is 216 Å². The van der Waals surface area contributed by atoms with E-state index in [0.29, 0.717) is 54.5 Å². The number of nitrogens with one attached hydrogen (secondary N) is 2. The van der Waals surface area contributed by atoms with Gasteiger partial charge in [-0.1, -0.05) is 6.07 Å². The molecule has 1 aliphatic heterocycles. The normalized spacial score (nSPS) is 13.7. The minimum atomic E-state index is -0.618. The van der Waals surface area contributed by atoms with Gasteiger partial charge in [0.2, 0.25) is 0 Å². The lowest BCUT2D eigenvalue weighted by Crippen LogP contribution is -2.50. The molecule has 0 aromatic carbocycles. The second-order valence-electron chi connectivity index (χ2n) is 8.79. The van der Waals surface area contributed by atoms with E-state index in [4.69, 9.17) is 4.74 Å². The lowest BCUT2D eigenvalue weighted by Gasteiger charge is -2.35. The zero-order chi connectivity index (χ0) is 26.2. The molecule has 13 nitrogen and oxygen atoms in total. The Balaban J connectivity index is 1.22. The van der Waals surface area contributed by atoms with E-state index in [9.17, 15) is 9.59 Å². The number of rotatable bonds is 6. The molecule has 5 aromatic heterocycles. The van der Waals surface area contributed by atoms with E-state index in [0.717, 1.165) is 17.1 Å². The fraction of sp³-hybridized carbons (Fsp3) is 0.240. The molecule has 0 radical (unpaired) electrons. The lowest BCUT2D eigenvalue weighted by molar-refractivity contribution is -0.126. The number of hydrogen-bond donors (Lipinski definition) is 2. The van der Waals surface area contributed by atoms with Crippen LogP contribution >= 0.6 is 0 Å². The summed E-state index contributed by atoms with van der Waals surface area (Å²) in [5, 5.41) is 12.0. The van der Waals surface area contributed by atoms with Gasteiger partial charge in [-0.2, -0.15) is 10.2 Å². The van der Waals surface area contributed by atoms with Crippen LogP contribution in [0.15, 0.2) is 49.3 Å². The first kappa shape index (κ1) is 23.3. The molecule has 2 N–H and O–H groups in total. The zero-order valence-electron chi connectivity index (χ0n) is 20.7. The second kappa shape index (κ2) is 9.42. The molecule has 0 aliphatic carbocycles. The summed E-state index contributed by atoms with van der Waals surface area (Å²) < 4.78 is 6.99. The van der Waals surface area contributed by atoms with Gasteiger partial charge in [-0.05, 0) is 19.1 Å². The molecule has 0 unspecified atom stereocenters. The van der Waals surface area contributed by atoms with Crippen LogP contribution in [0.1, 0.15) is 16.2 Å². The predicted octanol–water partition coefficient (Wildman–Crippen LogP) is 1.78. The number of piperazine rings is 1. The number of aromatic amines is 2. The molecule has 1 fully saturated rings. The van der Waals surface area contributed by atoms with Crippen molar-refractivity contribution in [3.8, 4) is 23.0 Å². The van der Waals surface area contributed by atoms with Gasteiger partial charge in [0.25, 0.3) is 11.7 Å². The van der Waals surface area contributed by atoms with E-state index in [1.54, 1.807) is 24.2 Å². The number of Topliss-reactive ketones (excluding diaryl/α,β-unsaturated/α-hetero) is 1. The van der Waals surface area contributed by atoms with Crippen molar-refractivity contribution in [1.82, 2.24) is 44.8 Å². The quantitative estimate of drug-likeness (QED) is 0.256. The van der Waals surface area contributed by atoms with Crippen LogP contribution < -0.4 is 9.64 Å². The molecule has 1 amide bonds. The predicted molar refractivity (Wildman–Crippen MR) is 137 cm³/mol. The largest absolute Gasteiger partial charge is 0.494 e. The number of H-pyrrole nitrogens is 2. The van der Waals surface area contributed by atoms with E-state index in [1.165, 1.54) is 30.5 Å². The monoisotopic (exact) mass is 512 g/mol. The lowest BCUT2D eigenvalue weighted by atomic mass is 10.1. The van der Waals surface area contributed by atoms with Crippen molar-refractivity contribution in [2.75, 3.05) is 38.2 Å². The van der Waals surface area contributed by atoms with E-state index in [2.05, 4.69) is 40.1 Å². The number of amides is 1. The van der Waals surface area contributed by atoms with E-state index in [-0.39, 0.29) is 5.56 Å². The summed E-state index contributed by atoms with van der Waals surface area (Å²) in [5.41, 5.74) is 3.26. The summed E-state index contributed by atoms with van der Waals surface area (Å²) in [6.45, 7) is 3.65. The number of aryl methyl sites for hydroxylation is 1. The Morgan fingerprint density at radius 2 is 1.89 bits per heavy atom. The van der Waals surface area contributed by atoms with E-state index < -0.39 is 11.7 Å².